The van der Waals surface area contributed by atoms with Crippen molar-refractivity contribution in [2.24, 2.45) is 0 Å². The van der Waals surface area contributed by atoms with Crippen LogP contribution in [0, 0.1) is 0 Å². The number of carboxylic acids is 1. The van der Waals surface area contributed by atoms with Gasteiger partial charge >= 0.3 is 11.9 Å². The van der Waals surface area contributed by atoms with E-state index in [1.54, 1.807) is 6.92 Å². The number of esters is 1. The summed E-state index contributed by atoms with van der Waals surface area (Å²) in [5.41, 5.74) is 0. The number of hydrogen-bond acceptors (Lipinski definition) is 3. The lowest BCUT2D eigenvalue weighted by molar-refractivity contribution is -0.146. The Balaban J connectivity index is 4.09. The van der Waals surface area contributed by atoms with E-state index in [1.807, 2.05) is 0 Å². The van der Waals surface area contributed by atoms with E-state index in [4.69, 9.17) is 28.3 Å². The largest absolute Gasteiger partial charge is 0.480 e. The molecule has 1 N–H and O–H groups in total. The van der Waals surface area contributed by atoms with Gasteiger partial charge in [-0.15, -0.1) is 23.2 Å². The molecule has 2 unspecified atom stereocenters. The van der Waals surface area contributed by atoms with Gasteiger partial charge in [-0.2, -0.15) is 0 Å². The molecule has 0 aromatic rings. The molecule has 2 atom stereocenters. The van der Waals surface area contributed by atoms with Gasteiger partial charge in [-0.3, -0.25) is 9.59 Å². The molecule has 12 heavy (non-hydrogen) atoms. The highest BCUT2D eigenvalue weighted by atomic mass is 35.5. The Morgan fingerprint density at radius 2 is 1.92 bits per heavy atom. The number of alkyl halides is 2. The van der Waals surface area contributed by atoms with Crippen molar-refractivity contribution in [3.8, 4) is 0 Å². The Kier molecular flexibility index (Phi) is 5.01. The maximum Gasteiger partial charge on any atom is 0.326 e. The fraction of sp³-hybridized carbons (Fsp3) is 0.667. The summed E-state index contributed by atoms with van der Waals surface area (Å²) in [5, 5.41) is 5.55. The van der Waals surface area contributed by atoms with Crippen LogP contribution < -0.4 is 0 Å². The number of hydrogen-bond donors (Lipinski definition) is 1. The van der Waals surface area contributed by atoms with Crippen molar-refractivity contribution in [3.63, 3.8) is 0 Å². The van der Waals surface area contributed by atoms with Crippen molar-refractivity contribution in [3.05, 3.63) is 0 Å². The van der Waals surface area contributed by atoms with Crippen molar-refractivity contribution < 1.29 is 19.4 Å². The van der Waals surface area contributed by atoms with Gasteiger partial charge in [0.25, 0.3) is 0 Å². The minimum Gasteiger partial charge on any atom is -0.480 e. The van der Waals surface area contributed by atoms with E-state index in [9.17, 15) is 9.59 Å². The van der Waals surface area contributed by atoms with Gasteiger partial charge in [0.2, 0.25) is 0 Å². The van der Waals surface area contributed by atoms with Crippen LogP contribution in [0.5, 0.6) is 0 Å². The fourth-order valence-electron chi connectivity index (χ4n) is 0.467. The van der Waals surface area contributed by atoms with Crippen molar-refractivity contribution in [2.75, 3.05) is 6.61 Å². The summed E-state index contributed by atoms with van der Waals surface area (Å²) in [5.74, 6) is -2.16. The van der Waals surface area contributed by atoms with Gasteiger partial charge in [0, 0.05) is 0 Å². The number of rotatable bonds is 4. The lowest BCUT2D eigenvalue weighted by Crippen LogP contribution is -2.32. The van der Waals surface area contributed by atoms with Crippen LogP contribution >= 0.6 is 23.2 Å². The van der Waals surface area contributed by atoms with Crippen LogP contribution in [0.15, 0.2) is 0 Å². The average Bonchev–Trinajstić information content (AvgIpc) is 2.02. The highest BCUT2D eigenvalue weighted by molar-refractivity contribution is 6.41. The number of halogens is 2. The summed E-state index contributed by atoms with van der Waals surface area (Å²) >= 11 is 10.6. The standard InChI is InChI=1S/C6H8Cl2O4/c1-2-12-6(11)4(8)3(7)5(9)10/h3-4H,2H2,1H3,(H,9,10). The van der Waals surface area contributed by atoms with Crippen molar-refractivity contribution in [1.29, 1.82) is 0 Å². The third kappa shape index (κ3) is 3.28. The predicted molar refractivity (Wildman–Crippen MR) is 43.6 cm³/mol. The van der Waals surface area contributed by atoms with Crippen LogP contribution in [0.2, 0.25) is 0 Å². The van der Waals surface area contributed by atoms with Gasteiger partial charge in [-0.1, -0.05) is 0 Å². The number of carbonyl (C=O) groups is 2. The molecule has 70 valence electrons. The van der Waals surface area contributed by atoms with E-state index < -0.39 is 22.7 Å². The molecular formula is C6H8Cl2O4. The Labute approximate surface area is 79.4 Å². The zero-order valence-corrected chi connectivity index (χ0v) is 7.80. The zero-order chi connectivity index (χ0) is 9.72. The van der Waals surface area contributed by atoms with E-state index in [-0.39, 0.29) is 6.61 Å². The maximum atomic E-state index is 10.8. The topological polar surface area (TPSA) is 63.6 Å². The summed E-state index contributed by atoms with van der Waals surface area (Å²) in [6.45, 7) is 1.73. The van der Waals surface area contributed by atoms with Crippen LogP contribution in [0.1, 0.15) is 6.92 Å². The minimum absolute atomic E-state index is 0.144. The molecule has 0 aromatic carbocycles. The Bertz CT molecular complexity index is 182. The van der Waals surface area contributed by atoms with E-state index in [2.05, 4.69) is 4.74 Å². The number of carbonyl (C=O) groups excluding carboxylic acids is 1. The molecule has 0 spiro atoms. The van der Waals surface area contributed by atoms with Gasteiger partial charge in [-0.25, -0.2) is 0 Å². The second-order valence-electron chi connectivity index (χ2n) is 1.89. The third-order valence-corrected chi connectivity index (χ3v) is 2.00. The van der Waals surface area contributed by atoms with Crippen LogP contribution in [0.25, 0.3) is 0 Å². The average molecular weight is 215 g/mol. The first-order chi connectivity index (χ1) is 5.50. The summed E-state index contributed by atoms with van der Waals surface area (Å²) < 4.78 is 4.46. The summed E-state index contributed by atoms with van der Waals surface area (Å²) in [6.07, 6.45) is 0. The molecule has 0 amide bonds. The quantitative estimate of drug-likeness (QED) is 0.557. The van der Waals surface area contributed by atoms with Gasteiger partial charge in [-0.05, 0) is 6.92 Å². The molecule has 0 aromatic heterocycles. The highest BCUT2D eigenvalue weighted by Crippen LogP contribution is 2.11. The summed E-state index contributed by atoms with van der Waals surface area (Å²) in [6, 6.07) is 0. The van der Waals surface area contributed by atoms with Crippen molar-refractivity contribution in [1.82, 2.24) is 0 Å². The molecular weight excluding hydrogens is 207 g/mol. The highest BCUT2D eigenvalue weighted by Gasteiger charge is 2.31. The lowest BCUT2D eigenvalue weighted by Gasteiger charge is -2.09. The molecule has 0 aliphatic carbocycles. The van der Waals surface area contributed by atoms with Crippen molar-refractivity contribution >= 4 is 35.1 Å². The van der Waals surface area contributed by atoms with Crippen molar-refractivity contribution in [2.45, 2.75) is 17.7 Å². The van der Waals surface area contributed by atoms with Crippen LogP contribution in [-0.2, 0) is 14.3 Å². The van der Waals surface area contributed by atoms with Gasteiger partial charge in [0.15, 0.2) is 10.8 Å². The molecule has 0 fully saturated rings. The summed E-state index contributed by atoms with van der Waals surface area (Å²) in [4.78, 5) is 21.0. The van der Waals surface area contributed by atoms with E-state index >= 15 is 0 Å². The molecule has 6 heteroatoms. The first kappa shape index (κ1) is 11.5. The van der Waals surface area contributed by atoms with Crippen LogP contribution in [0.3, 0.4) is 0 Å². The van der Waals surface area contributed by atoms with E-state index in [0.29, 0.717) is 0 Å². The van der Waals surface area contributed by atoms with E-state index in [1.165, 1.54) is 0 Å². The first-order valence-corrected chi connectivity index (χ1v) is 4.05. The molecule has 0 radical (unpaired) electrons. The molecule has 0 heterocycles. The fourth-order valence-corrected chi connectivity index (χ4v) is 0.740. The molecule has 0 aliphatic rings. The Hall–Kier alpha value is -0.480. The number of ether oxygens (including phenoxy) is 1. The minimum atomic E-state index is -1.45. The second kappa shape index (κ2) is 5.22. The lowest BCUT2D eigenvalue weighted by atomic mass is 10.3. The normalized spacial score (nSPS) is 14.9. The molecule has 0 rings (SSSR count). The Morgan fingerprint density at radius 1 is 1.42 bits per heavy atom. The number of carboxylic acid groups (broad SMARTS) is 1. The van der Waals surface area contributed by atoms with Crippen LogP contribution in [-0.4, -0.2) is 34.4 Å². The molecule has 0 saturated carbocycles. The molecule has 4 nitrogen and oxygen atoms in total. The first-order valence-electron chi connectivity index (χ1n) is 3.18. The van der Waals surface area contributed by atoms with Gasteiger partial charge in [0.1, 0.15) is 0 Å². The zero-order valence-electron chi connectivity index (χ0n) is 6.29. The number of aliphatic carboxylic acids is 1. The SMILES string of the molecule is CCOC(=O)C(Cl)C(Cl)C(=O)O. The summed E-state index contributed by atoms with van der Waals surface area (Å²) in [7, 11) is 0. The molecule has 0 bridgehead atoms. The predicted octanol–water partition coefficient (Wildman–Crippen LogP) is 0.849. The smallest absolute Gasteiger partial charge is 0.326 e. The molecule has 0 aliphatic heterocycles. The van der Waals surface area contributed by atoms with Crippen LogP contribution in [0.4, 0.5) is 0 Å². The van der Waals surface area contributed by atoms with Gasteiger partial charge in [0.05, 0.1) is 6.61 Å². The van der Waals surface area contributed by atoms with Gasteiger partial charge < -0.3 is 9.84 Å². The second-order valence-corrected chi connectivity index (χ2v) is 2.83. The Morgan fingerprint density at radius 3 is 2.25 bits per heavy atom. The maximum absolute atomic E-state index is 10.8. The molecule has 0 saturated heterocycles. The monoisotopic (exact) mass is 214 g/mol. The third-order valence-electron chi connectivity index (χ3n) is 1.00. The van der Waals surface area contributed by atoms with E-state index in [0.717, 1.165) is 0 Å².